The van der Waals surface area contributed by atoms with Crippen LogP contribution in [0.25, 0.3) is 0 Å². The first-order valence-electron chi connectivity index (χ1n) is 6.16. The number of carbonyl (C=O) groups is 1. The number of halogens is 1. The predicted octanol–water partition coefficient (Wildman–Crippen LogP) is 2.30. The van der Waals surface area contributed by atoms with Gasteiger partial charge in [0, 0.05) is 6.54 Å². The lowest BCUT2D eigenvalue weighted by molar-refractivity contribution is 0.0697. The standard InChI is InChI=1S/C14H13ClN2O4S/c15-11-7-12(17-8-9-4-2-1-3-5-9)10(14(18)19)6-13(11)22(16,20)21/h1-7,17H,8H2,(H,18,19)(H2,16,20,21). The third-order valence-electron chi connectivity index (χ3n) is 2.93. The number of rotatable bonds is 5. The third kappa shape index (κ3) is 3.76. The molecule has 0 unspecified atom stereocenters. The Morgan fingerprint density at radius 2 is 1.86 bits per heavy atom. The normalized spacial score (nSPS) is 11.2. The topological polar surface area (TPSA) is 109 Å². The molecule has 4 N–H and O–H groups in total. The highest BCUT2D eigenvalue weighted by Gasteiger charge is 2.20. The van der Waals surface area contributed by atoms with Crippen molar-refractivity contribution in [2.24, 2.45) is 5.14 Å². The van der Waals surface area contributed by atoms with Gasteiger partial charge in [-0.05, 0) is 17.7 Å². The Balaban J connectivity index is 2.39. The number of hydrogen-bond donors (Lipinski definition) is 3. The highest BCUT2D eigenvalue weighted by molar-refractivity contribution is 7.89. The number of aromatic carboxylic acids is 1. The van der Waals surface area contributed by atoms with E-state index in [2.05, 4.69) is 5.32 Å². The number of hydrogen-bond acceptors (Lipinski definition) is 4. The number of benzene rings is 2. The molecule has 2 rings (SSSR count). The van der Waals surface area contributed by atoms with Crippen molar-refractivity contribution in [3.63, 3.8) is 0 Å². The summed E-state index contributed by atoms with van der Waals surface area (Å²) in [7, 11) is -4.10. The zero-order valence-corrected chi connectivity index (χ0v) is 12.9. The number of carboxylic acid groups (broad SMARTS) is 1. The van der Waals surface area contributed by atoms with E-state index in [1.54, 1.807) is 0 Å². The molecule has 0 saturated heterocycles. The molecule has 116 valence electrons. The van der Waals surface area contributed by atoms with Crippen LogP contribution in [-0.2, 0) is 16.6 Å². The molecule has 22 heavy (non-hydrogen) atoms. The average molecular weight is 341 g/mol. The van der Waals surface area contributed by atoms with E-state index in [1.807, 2.05) is 30.3 Å². The van der Waals surface area contributed by atoms with E-state index >= 15 is 0 Å². The fourth-order valence-electron chi connectivity index (χ4n) is 1.89. The number of nitrogens with one attached hydrogen (secondary N) is 1. The molecule has 0 bridgehead atoms. The smallest absolute Gasteiger partial charge is 0.337 e. The molecule has 0 atom stereocenters. The van der Waals surface area contributed by atoms with Crippen LogP contribution in [0.1, 0.15) is 15.9 Å². The maximum absolute atomic E-state index is 11.4. The second kappa shape index (κ2) is 6.35. The van der Waals surface area contributed by atoms with E-state index in [0.717, 1.165) is 11.6 Å². The summed E-state index contributed by atoms with van der Waals surface area (Å²) in [4.78, 5) is 10.9. The van der Waals surface area contributed by atoms with Crippen molar-refractivity contribution in [3.8, 4) is 0 Å². The molecular formula is C14H13ClN2O4S. The number of carboxylic acids is 1. The molecule has 0 aliphatic heterocycles. The molecule has 0 spiro atoms. The first kappa shape index (κ1) is 16.3. The third-order valence-corrected chi connectivity index (χ3v) is 4.31. The van der Waals surface area contributed by atoms with Crippen LogP contribution in [0.5, 0.6) is 0 Å². The Bertz CT molecular complexity index is 807. The summed E-state index contributed by atoms with van der Waals surface area (Å²) in [6, 6.07) is 11.5. The van der Waals surface area contributed by atoms with Gasteiger partial charge in [0.2, 0.25) is 10.0 Å². The van der Waals surface area contributed by atoms with Gasteiger partial charge in [-0.2, -0.15) is 0 Å². The Morgan fingerprint density at radius 1 is 1.23 bits per heavy atom. The van der Waals surface area contributed by atoms with Crippen LogP contribution in [0.2, 0.25) is 5.02 Å². The fraction of sp³-hybridized carbons (Fsp3) is 0.0714. The van der Waals surface area contributed by atoms with Crippen LogP contribution >= 0.6 is 11.6 Å². The lowest BCUT2D eigenvalue weighted by atomic mass is 10.1. The monoisotopic (exact) mass is 340 g/mol. The molecule has 0 heterocycles. The van der Waals surface area contributed by atoms with E-state index in [9.17, 15) is 18.3 Å². The van der Waals surface area contributed by atoms with Crippen molar-refractivity contribution in [1.82, 2.24) is 0 Å². The second-order valence-electron chi connectivity index (χ2n) is 4.52. The number of sulfonamides is 1. The summed E-state index contributed by atoms with van der Waals surface area (Å²) in [6.45, 7) is 0.367. The van der Waals surface area contributed by atoms with Crippen molar-refractivity contribution in [2.45, 2.75) is 11.4 Å². The average Bonchev–Trinajstić information content (AvgIpc) is 2.44. The van der Waals surface area contributed by atoms with Crippen LogP contribution in [0.4, 0.5) is 5.69 Å². The van der Waals surface area contributed by atoms with Gasteiger partial charge < -0.3 is 10.4 Å². The van der Waals surface area contributed by atoms with Gasteiger partial charge in [0.1, 0.15) is 4.90 Å². The highest BCUT2D eigenvalue weighted by Crippen LogP contribution is 2.28. The van der Waals surface area contributed by atoms with Crippen LogP contribution in [-0.4, -0.2) is 19.5 Å². The summed E-state index contributed by atoms with van der Waals surface area (Å²) >= 11 is 5.88. The maximum atomic E-state index is 11.4. The highest BCUT2D eigenvalue weighted by atomic mass is 35.5. The molecule has 2 aromatic rings. The van der Waals surface area contributed by atoms with Crippen LogP contribution in [0.3, 0.4) is 0 Å². The van der Waals surface area contributed by atoms with Crippen molar-refractivity contribution in [3.05, 3.63) is 58.6 Å². The molecule has 8 heteroatoms. The van der Waals surface area contributed by atoms with E-state index in [0.29, 0.717) is 6.54 Å². The van der Waals surface area contributed by atoms with Gasteiger partial charge in [-0.1, -0.05) is 41.9 Å². The molecule has 0 amide bonds. The van der Waals surface area contributed by atoms with Crippen LogP contribution in [0, 0.1) is 0 Å². The zero-order chi connectivity index (χ0) is 16.3. The number of primary sulfonamides is 1. The first-order valence-corrected chi connectivity index (χ1v) is 8.09. The molecule has 0 aliphatic carbocycles. The Hall–Kier alpha value is -2.09. The molecular weight excluding hydrogens is 328 g/mol. The van der Waals surface area contributed by atoms with Gasteiger partial charge in [0.05, 0.1) is 16.3 Å². The Morgan fingerprint density at radius 3 is 2.41 bits per heavy atom. The van der Waals surface area contributed by atoms with Gasteiger partial charge in [-0.15, -0.1) is 0 Å². The summed E-state index contributed by atoms with van der Waals surface area (Å²) in [5.74, 6) is -1.28. The van der Waals surface area contributed by atoms with E-state index < -0.39 is 20.9 Å². The zero-order valence-electron chi connectivity index (χ0n) is 11.3. The van der Waals surface area contributed by atoms with E-state index in [4.69, 9.17) is 16.7 Å². The van der Waals surface area contributed by atoms with Gasteiger partial charge in [-0.25, -0.2) is 18.4 Å². The van der Waals surface area contributed by atoms with Gasteiger partial charge in [0.15, 0.2) is 0 Å². The summed E-state index contributed by atoms with van der Waals surface area (Å²) in [6.07, 6.45) is 0. The fourth-order valence-corrected chi connectivity index (χ4v) is 2.99. The number of anilines is 1. The predicted molar refractivity (Wildman–Crippen MR) is 83.6 cm³/mol. The molecule has 0 saturated carbocycles. The van der Waals surface area contributed by atoms with Crippen molar-refractivity contribution in [1.29, 1.82) is 0 Å². The molecule has 6 nitrogen and oxygen atoms in total. The van der Waals surface area contributed by atoms with Crippen molar-refractivity contribution < 1.29 is 18.3 Å². The second-order valence-corrected chi connectivity index (χ2v) is 6.45. The van der Waals surface area contributed by atoms with E-state index in [1.165, 1.54) is 6.07 Å². The minimum absolute atomic E-state index is 0.136. The Kier molecular flexibility index (Phi) is 4.70. The molecule has 0 fully saturated rings. The molecule has 0 aliphatic rings. The Labute approximate surface area is 132 Å². The van der Waals surface area contributed by atoms with Crippen molar-refractivity contribution >= 4 is 33.3 Å². The van der Waals surface area contributed by atoms with Gasteiger partial charge in [0.25, 0.3) is 0 Å². The van der Waals surface area contributed by atoms with Crippen molar-refractivity contribution in [2.75, 3.05) is 5.32 Å². The summed E-state index contributed by atoms with van der Waals surface area (Å²) < 4.78 is 22.8. The molecule has 2 aromatic carbocycles. The lowest BCUT2D eigenvalue weighted by Crippen LogP contribution is -2.15. The summed E-state index contributed by atoms with van der Waals surface area (Å²) in [5.41, 5.74) is 0.934. The SMILES string of the molecule is NS(=O)(=O)c1cc(C(=O)O)c(NCc2ccccc2)cc1Cl. The minimum Gasteiger partial charge on any atom is -0.478 e. The van der Waals surface area contributed by atoms with Crippen LogP contribution in [0.15, 0.2) is 47.4 Å². The van der Waals surface area contributed by atoms with Crippen LogP contribution < -0.4 is 10.5 Å². The largest absolute Gasteiger partial charge is 0.478 e. The molecule has 0 aromatic heterocycles. The maximum Gasteiger partial charge on any atom is 0.337 e. The van der Waals surface area contributed by atoms with Gasteiger partial charge in [-0.3, -0.25) is 0 Å². The molecule has 0 radical (unpaired) electrons. The first-order chi connectivity index (χ1) is 10.3. The summed E-state index contributed by atoms with van der Waals surface area (Å²) in [5, 5.41) is 17.0. The lowest BCUT2D eigenvalue weighted by Gasteiger charge is -2.12. The van der Waals surface area contributed by atoms with E-state index in [-0.39, 0.29) is 16.3 Å². The minimum atomic E-state index is -4.10. The quantitative estimate of drug-likeness (QED) is 0.773. The number of nitrogens with two attached hydrogens (primary N) is 1. The van der Waals surface area contributed by atoms with Gasteiger partial charge >= 0.3 is 5.97 Å².